The van der Waals surface area contributed by atoms with E-state index in [1.54, 1.807) is 25.1 Å². The number of benzene rings is 2. The summed E-state index contributed by atoms with van der Waals surface area (Å²) in [6.45, 7) is 3.58. The zero-order chi connectivity index (χ0) is 18.8. The van der Waals surface area contributed by atoms with Crippen molar-refractivity contribution in [2.75, 3.05) is 25.8 Å². The number of ether oxygens (including phenoxy) is 2. The van der Waals surface area contributed by atoms with Crippen LogP contribution in [-0.4, -0.2) is 34.8 Å². The second-order valence-corrected chi connectivity index (χ2v) is 7.74. The first-order valence-electron chi connectivity index (χ1n) is 7.52. The van der Waals surface area contributed by atoms with Gasteiger partial charge in [0.15, 0.2) is 21.3 Å². The molecule has 0 fully saturated rings. The lowest BCUT2D eigenvalue weighted by atomic mass is 10.1. The van der Waals surface area contributed by atoms with Crippen molar-refractivity contribution < 1.29 is 22.7 Å². The second-order valence-electron chi connectivity index (χ2n) is 5.73. The molecule has 2 aromatic carbocycles. The predicted molar refractivity (Wildman–Crippen MR) is 96.5 cm³/mol. The predicted octanol–water partition coefficient (Wildman–Crippen LogP) is 2.98. The Kier molecular flexibility index (Phi) is 5.37. The molecular weight excluding hydrogens is 342 g/mol. The summed E-state index contributed by atoms with van der Waals surface area (Å²) in [6, 6.07) is 7.92. The Bertz CT molecular complexity index is 919. The van der Waals surface area contributed by atoms with Crippen molar-refractivity contribution in [2.24, 2.45) is 0 Å². The SMILES string of the molecule is COc1cc(C)c(NC(=O)c2cc(S(C)(=O)=O)ccc2C)cc1OC. The molecule has 0 unspecified atom stereocenters. The molecule has 1 N–H and O–H groups in total. The van der Waals surface area contributed by atoms with Crippen molar-refractivity contribution in [2.45, 2.75) is 18.7 Å². The molecule has 0 aromatic heterocycles. The number of carbonyl (C=O) groups excluding carboxylic acids is 1. The number of rotatable bonds is 5. The van der Waals surface area contributed by atoms with Gasteiger partial charge >= 0.3 is 0 Å². The van der Waals surface area contributed by atoms with Gasteiger partial charge in [-0.2, -0.15) is 0 Å². The van der Waals surface area contributed by atoms with Gasteiger partial charge in [-0.25, -0.2) is 8.42 Å². The Morgan fingerprint density at radius 2 is 1.56 bits per heavy atom. The minimum Gasteiger partial charge on any atom is -0.493 e. The van der Waals surface area contributed by atoms with Crippen LogP contribution in [0.5, 0.6) is 11.5 Å². The van der Waals surface area contributed by atoms with Gasteiger partial charge < -0.3 is 14.8 Å². The molecule has 0 aliphatic carbocycles. The normalized spacial score (nSPS) is 11.1. The van der Waals surface area contributed by atoms with E-state index in [2.05, 4.69) is 5.32 Å². The molecule has 0 atom stereocenters. The fourth-order valence-corrected chi connectivity index (χ4v) is 3.03. The maximum absolute atomic E-state index is 12.6. The van der Waals surface area contributed by atoms with Gasteiger partial charge in [-0.3, -0.25) is 4.79 Å². The first kappa shape index (κ1) is 18.8. The van der Waals surface area contributed by atoms with E-state index < -0.39 is 15.7 Å². The summed E-state index contributed by atoms with van der Waals surface area (Å²) in [7, 11) is -0.343. The van der Waals surface area contributed by atoms with E-state index in [0.717, 1.165) is 11.8 Å². The van der Waals surface area contributed by atoms with E-state index in [1.165, 1.54) is 26.4 Å². The highest BCUT2D eigenvalue weighted by Gasteiger charge is 2.16. The zero-order valence-corrected chi connectivity index (χ0v) is 15.7. The third-order valence-electron chi connectivity index (χ3n) is 3.86. The van der Waals surface area contributed by atoms with E-state index in [-0.39, 0.29) is 4.90 Å². The third-order valence-corrected chi connectivity index (χ3v) is 4.97. The van der Waals surface area contributed by atoms with Crippen molar-refractivity contribution in [3.8, 4) is 11.5 Å². The van der Waals surface area contributed by atoms with E-state index in [1.807, 2.05) is 6.92 Å². The fraction of sp³-hybridized carbons (Fsp3) is 0.278. The number of amides is 1. The second kappa shape index (κ2) is 7.14. The molecule has 7 heteroatoms. The summed E-state index contributed by atoms with van der Waals surface area (Å²) in [5, 5.41) is 2.80. The molecule has 0 aliphatic rings. The fourth-order valence-electron chi connectivity index (χ4n) is 2.38. The highest BCUT2D eigenvalue weighted by Crippen LogP contribution is 2.33. The number of hydrogen-bond acceptors (Lipinski definition) is 5. The molecule has 2 aromatic rings. The number of sulfone groups is 1. The zero-order valence-electron chi connectivity index (χ0n) is 14.8. The lowest BCUT2D eigenvalue weighted by Crippen LogP contribution is -2.15. The summed E-state index contributed by atoms with van der Waals surface area (Å²) in [6.07, 6.45) is 1.11. The number of anilines is 1. The Labute approximate surface area is 147 Å². The molecule has 0 saturated heterocycles. The van der Waals surface area contributed by atoms with Crippen LogP contribution in [0.2, 0.25) is 0 Å². The summed E-state index contributed by atoms with van der Waals surface area (Å²) in [4.78, 5) is 12.7. The van der Waals surface area contributed by atoms with Crippen molar-refractivity contribution in [3.05, 3.63) is 47.0 Å². The lowest BCUT2D eigenvalue weighted by molar-refractivity contribution is 0.102. The van der Waals surface area contributed by atoms with Crippen LogP contribution in [0.15, 0.2) is 35.2 Å². The minimum absolute atomic E-state index is 0.104. The minimum atomic E-state index is -3.39. The Balaban J connectivity index is 2.41. The van der Waals surface area contributed by atoms with Crippen LogP contribution in [0, 0.1) is 13.8 Å². The molecule has 0 aliphatic heterocycles. The summed E-state index contributed by atoms with van der Waals surface area (Å²) >= 11 is 0. The summed E-state index contributed by atoms with van der Waals surface area (Å²) < 4.78 is 33.9. The van der Waals surface area contributed by atoms with Crippen LogP contribution in [0.3, 0.4) is 0 Å². The van der Waals surface area contributed by atoms with Gasteiger partial charge in [-0.1, -0.05) is 6.07 Å². The molecule has 0 bridgehead atoms. The van der Waals surface area contributed by atoms with Crippen LogP contribution in [0.1, 0.15) is 21.5 Å². The number of hydrogen-bond donors (Lipinski definition) is 1. The molecule has 134 valence electrons. The molecular formula is C18H21NO5S. The van der Waals surface area contributed by atoms with E-state index >= 15 is 0 Å². The quantitative estimate of drug-likeness (QED) is 0.883. The van der Waals surface area contributed by atoms with E-state index in [9.17, 15) is 13.2 Å². The Morgan fingerprint density at radius 1 is 0.960 bits per heavy atom. The van der Waals surface area contributed by atoms with Crippen LogP contribution in [0.25, 0.3) is 0 Å². The largest absolute Gasteiger partial charge is 0.493 e. The smallest absolute Gasteiger partial charge is 0.255 e. The van der Waals surface area contributed by atoms with Gasteiger partial charge in [0, 0.05) is 23.6 Å². The Hall–Kier alpha value is -2.54. The van der Waals surface area contributed by atoms with Crippen LogP contribution in [0.4, 0.5) is 5.69 Å². The maximum atomic E-state index is 12.6. The number of carbonyl (C=O) groups is 1. The standard InChI is InChI=1S/C18H21NO5S/c1-11-6-7-13(25(5,21)22)9-14(11)18(20)19-15-10-17(24-4)16(23-3)8-12(15)2/h6-10H,1-5H3,(H,19,20). The van der Waals surface area contributed by atoms with E-state index in [0.29, 0.717) is 28.3 Å². The van der Waals surface area contributed by atoms with E-state index in [4.69, 9.17) is 9.47 Å². The molecule has 0 saturated carbocycles. The number of methoxy groups -OCH3 is 2. The summed E-state index contributed by atoms with van der Waals surface area (Å²) in [5.41, 5.74) is 2.34. The van der Waals surface area contributed by atoms with Crippen LogP contribution in [-0.2, 0) is 9.84 Å². The first-order valence-corrected chi connectivity index (χ1v) is 9.41. The molecule has 25 heavy (non-hydrogen) atoms. The van der Waals surface area contributed by atoms with Gasteiger partial charge in [-0.15, -0.1) is 0 Å². The monoisotopic (exact) mass is 363 g/mol. The van der Waals surface area contributed by atoms with Crippen molar-refractivity contribution in [1.29, 1.82) is 0 Å². The average Bonchev–Trinajstić information content (AvgIpc) is 2.55. The topological polar surface area (TPSA) is 81.7 Å². The van der Waals surface area contributed by atoms with Crippen LogP contribution < -0.4 is 14.8 Å². The highest BCUT2D eigenvalue weighted by atomic mass is 32.2. The van der Waals surface area contributed by atoms with Gasteiger partial charge in [0.05, 0.1) is 19.1 Å². The summed E-state index contributed by atoms with van der Waals surface area (Å²) in [5.74, 6) is 0.664. The van der Waals surface area contributed by atoms with Crippen molar-refractivity contribution in [1.82, 2.24) is 0 Å². The first-order chi connectivity index (χ1) is 11.7. The van der Waals surface area contributed by atoms with Gasteiger partial charge in [0.1, 0.15) is 0 Å². The van der Waals surface area contributed by atoms with Crippen molar-refractivity contribution >= 4 is 21.4 Å². The third kappa shape index (κ3) is 4.11. The Morgan fingerprint density at radius 3 is 2.12 bits per heavy atom. The lowest BCUT2D eigenvalue weighted by Gasteiger charge is -2.14. The van der Waals surface area contributed by atoms with Gasteiger partial charge in [-0.05, 0) is 43.2 Å². The van der Waals surface area contributed by atoms with Crippen molar-refractivity contribution in [3.63, 3.8) is 0 Å². The number of nitrogens with one attached hydrogen (secondary N) is 1. The van der Waals surface area contributed by atoms with Gasteiger partial charge in [0.2, 0.25) is 0 Å². The van der Waals surface area contributed by atoms with Gasteiger partial charge in [0.25, 0.3) is 5.91 Å². The average molecular weight is 363 g/mol. The molecule has 2 rings (SSSR count). The maximum Gasteiger partial charge on any atom is 0.255 e. The molecule has 6 nitrogen and oxygen atoms in total. The molecule has 1 amide bonds. The molecule has 0 heterocycles. The van der Waals surface area contributed by atoms with Crippen LogP contribution >= 0.6 is 0 Å². The highest BCUT2D eigenvalue weighted by molar-refractivity contribution is 7.90. The molecule has 0 radical (unpaired) electrons. The number of aryl methyl sites for hydroxylation is 2. The molecule has 0 spiro atoms.